The predicted octanol–water partition coefficient (Wildman–Crippen LogP) is 8.44. The molecule has 4 rings (SSSR count). The molecule has 12 heteroatoms. The fraction of sp³-hybridized carbons (Fsp3) is 0.351. The third-order valence-electron chi connectivity index (χ3n) is 6.25. The fourth-order valence-electron chi connectivity index (χ4n) is 4.30. The van der Waals surface area contributed by atoms with Gasteiger partial charge in [0.25, 0.3) is 5.91 Å². The summed E-state index contributed by atoms with van der Waals surface area (Å²) in [5.74, 6) is -3.52. The lowest BCUT2D eigenvalue weighted by atomic mass is 9.96. The summed E-state index contributed by atoms with van der Waals surface area (Å²) >= 11 is 1.04. The number of carbonyl (C=O) groups is 2. The molecule has 0 saturated heterocycles. The summed E-state index contributed by atoms with van der Waals surface area (Å²) in [6.45, 7) is 13.2. The molecule has 0 radical (unpaired) electrons. The number of nitriles is 1. The Bertz CT molecular complexity index is 1690. The molecule has 0 aliphatic carbocycles. The second-order valence-electron chi connectivity index (χ2n) is 9.71. The van der Waals surface area contributed by atoms with Crippen LogP contribution < -0.4 is 10.1 Å². The van der Waals surface area contributed by atoms with Gasteiger partial charge in [0.1, 0.15) is 17.4 Å². The van der Waals surface area contributed by atoms with Gasteiger partial charge in [0.05, 0.1) is 28.8 Å². The van der Waals surface area contributed by atoms with Crippen molar-refractivity contribution in [3.05, 3.63) is 105 Å². The van der Waals surface area contributed by atoms with Crippen molar-refractivity contribution in [3.8, 4) is 22.4 Å². The number of aromatic nitrogens is 1. The van der Waals surface area contributed by atoms with E-state index in [9.17, 15) is 28.0 Å². The number of rotatable bonds is 11. The highest BCUT2D eigenvalue weighted by Crippen LogP contribution is 2.39. The highest BCUT2D eigenvalue weighted by atomic mass is 32.1. The second-order valence-corrected chi connectivity index (χ2v) is 10.8. The maximum Gasteiger partial charge on any atom is 0.340 e. The van der Waals surface area contributed by atoms with Crippen molar-refractivity contribution < 1.29 is 37.3 Å². The number of ether oxygens (including phenoxy) is 2. The smallest absolute Gasteiger partial charge is 0.340 e. The van der Waals surface area contributed by atoms with E-state index in [0.29, 0.717) is 22.6 Å². The van der Waals surface area contributed by atoms with E-state index in [-0.39, 0.29) is 58.9 Å². The summed E-state index contributed by atoms with van der Waals surface area (Å²) < 4.78 is 51.5. The third-order valence-corrected chi connectivity index (χ3v) is 7.36. The number of carbonyl (C=O) groups excluding carboxylic acids is 2. The molecule has 2 heterocycles. The van der Waals surface area contributed by atoms with Crippen molar-refractivity contribution in [2.45, 2.75) is 74.0 Å². The normalized spacial score (nSPS) is 9.88. The monoisotopic (exact) mass is 699 g/mol. The Hall–Kier alpha value is -4.73. The van der Waals surface area contributed by atoms with Crippen LogP contribution in [0.15, 0.2) is 54.6 Å². The highest BCUT2D eigenvalue weighted by molar-refractivity contribution is 7.17. The number of hydrogen-bond donors (Lipinski definition) is 2. The van der Waals surface area contributed by atoms with Gasteiger partial charge in [-0.3, -0.25) is 4.79 Å². The standard InChI is InChI=1S/C32H28F3N3O4S.2C2H6.CH4O/c1-4-41-32(40)29-25(12-8-19-5-9-21(33)10-6-19)38-31(42-18(2)3)22(16-36)28(29)26-13-14-27(43-26)30(39)37-17-20-7-11-23(34)24(35)15-20;3*1-2/h5-7,9-11,13-15,18H,4,8,12,17H2,1-3H3,(H,37,39);2*1-2H3;2H,1H3. The Kier molecular flexibility index (Phi) is 19.0. The molecule has 2 aromatic carbocycles. The minimum Gasteiger partial charge on any atom is -0.474 e. The molecule has 0 spiro atoms. The molecule has 0 aliphatic rings. The van der Waals surface area contributed by atoms with E-state index in [1.807, 2.05) is 27.7 Å². The van der Waals surface area contributed by atoms with Gasteiger partial charge < -0.3 is 19.9 Å². The van der Waals surface area contributed by atoms with Crippen LogP contribution in [0.3, 0.4) is 0 Å². The maximum absolute atomic E-state index is 13.6. The van der Waals surface area contributed by atoms with Gasteiger partial charge in [-0.15, -0.1) is 11.3 Å². The van der Waals surface area contributed by atoms with Gasteiger partial charge in [-0.2, -0.15) is 5.26 Å². The lowest BCUT2D eigenvalue weighted by molar-refractivity contribution is 0.0525. The minimum atomic E-state index is -1.02. The summed E-state index contributed by atoms with van der Waals surface area (Å²) in [4.78, 5) is 31.6. The SMILES string of the molecule is CC.CC.CCOC(=O)c1c(CCc2ccc(F)cc2)nc(OC(C)C)c(C#N)c1-c1ccc(C(=O)NCc2ccc(F)c(F)c2)s1.CO. The van der Waals surface area contributed by atoms with E-state index >= 15 is 0 Å². The summed E-state index contributed by atoms with van der Waals surface area (Å²) in [5, 5.41) is 19.9. The molecule has 264 valence electrons. The van der Waals surface area contributed by atoms with E-state index < -0.39 is 23.5 Å². The molecule has 2 N–H and O–H groups in total. The zero-order chi connectivity index (χ0) is 37.1. The van der Waals surface area contributed by atoms with Gasteiger partial charge in [-0.1, -0.05) is 45.9 Å². The summed E-state index contributed by atoms with van der Waals surface area (Å²) in [5.41, 5.74) is 1.82. The second kappa shape index (κ2) is 22.0. The molecular weight excluding hydrogens is 655 g/mol. The van der Waals surface area contributed by atoms with Gasteiger partial charge in [0.2, 0.25) is 5.88 Å². The Morgan fingerprint density at radius 3 is 2.14 bits per heavy atom. The number of esters is 1. The molecule has 0 aliphatic heterocycles. The van der Waals surface area contributed by atoms with Gasteiger partial charge in [0.15, 0.2) is 11.6 Å². The number of pyridine rings is 1. The van der Waals surface area contributed by atoms with E-state index in [0.717, 1.165) is 36.1 Å². The highest BCUT2D eigenvalue weighted by Gasteiger charge is 2.29. The minimum absolute atomic E-state index is 0.0119. The van der Waals surface area contributed by atoms with Crippen LogP contribution in [0.4, 0.5) is 13.2 Å². The molecule has 0 unspecified atom stereocenters. The molecule has 4 aromatic rings. The topological polar surface area (TPSA) is 122 Å². The van der Waals surface area contributed by atoms with Gasteiger partial charge in [-0.05, 0) is 81.1 Å². The lowest BCUT2D eigenvalue weighted by Gasteiger charge is -2.18. The molecular formula is C37H44F3N3O5S. The number of aryl methyl sites for hydroxylation is 2. The summed E-state index contributed by atoms with van der Waals surface area (Å²) in [7, 11) is 1.00. The summed E-state index contributed by atoms with van der Waals surface area (Å²) in [6.07, 6.45) is 0.320. The first kappa shape index (κ1) is 42.3. The van der Waals surface area contributed by atoms with Crippen molar-refractivity contribution in [3.63, 3.8) is 0 Å². The predicted molar refractivity (Wildman–Crippen MR) is 186 cm³/mol. The molecule has 2 aromatic heterocycles. The first-order valence-corrected chi connectivity index (χ1v) is 16.7. The van der Waals surface area contributed by atoms with Crippen LogP contribution in [-0.2, 0) is 24.1 Å². The number of nitrogens with zero attached hydrogens (tertiary/aromatic N) is 2. The fourth-order valence-corrected chi connectivity index (χ4v) is 5.28. The Labute approximate surface area is 290 Å². The van der Waals surface area contributed by atoms with Crippen LogP contribution in [-0.4, -0.2) is 41.8 Å². The first-order valence-electron chi connectivity index (χ1n) is 15.9. The largest absolute Gasteiger partial charge is 0.474 e. The van der Waals surface area contributed by atoms with Gasteiger partial charge in [-0.25, -0.2) is 22.9 Å². The number of benzene rings is 2. The van der Waals surface area contributed by atoms with E-state index in [1.165, 1.54) is 24.3 Å². The van der Waals surface area contributed by atoms with Crippen molar-refractivity contribution in [1.82, 2.24) is 10.3 Å². The third kappa shape index (κ3) is 12.0. The Balaban J connectivity index is 0.00000189. The maximum atomic E-state index is 13.6. The van der Waals surface area contributed by atoms with Gasteiger partial charge >= 0.3 is 5.97 Å². The van der Waals surface area contributed by atoms with Crippen molar-refractivity contribution in [1.29, 1.82) is 5.26 Å². The molecule has 8 nitrogen and oxygen atoms in total. The van der Waals surface area contributed by atoms with Crippen LogP contribution in [0, 0.1) is 28.8 Å². The number of halogens is 3. The van der Waals surface area contributed by atoms with Crippen molar-refractivity contribution >= 4 is 23.2 Å². The lowest BCUT2D eigenvalue weighted by Crippen LogP contribution is -2.21. The number of nitrogens with one attached hydrogen (secondary N) is 1. The number of hydrogen-bond acceptors (Lipinski definition) is 8. The first-order chi connectivity index (χ1) is 23.6. The average molecular weight is 700 g/mol. The molecule has 1 amide bonds. The molecule has 49 heavy (non-hydrogen) atoms. The molecule has 0 saturated carbocycles. The van der Waals surface area contributed by atoms with Crippen molar-refractivity contribution in [2.75, 3.05) is 13.7 Å². The zero-order valence-corrected chi connectivity index (χ0v) is 29.9. The van der Waals surface area contributed by atoms with Crippen LogP contribution >= 0.6 is 11.3 Å². The van der Waals surface area contributed by atoms with Crippen LogP contribution in [0.2, 0.25) is 0 Å². The molecule has 0 bridgehead atoms. The summed E-state index contributed by atoms with van der Waals surface area (Å²) in [6, 6.07) is 14.6. The van der Waals surface area contributed by atoms with Crippen LogP contribution in [0.25, 0.3) is 10.4 Å². The molecule has 0 atom stereocenters. The number of amides is 1. The Morgan fingerprint density at radius 2 is 1.57 bits per heavy atom. The number of aliphatic hydroxyl groups excluding tert-OH is 1. The van der Waals surface area contributed by atoms with Gasteiger partial charge in [0, 0.05) is 24.1 Å². The van der Waals surface area contributed by atoms with Crippen molar-refractivity contribution in [2.24, 2.45) is 0 Å². The van der Waals surface area contributed by atoms with E-state index in [2.05, 4.69) is 16.4 Å². The number of aliphatic hydroxyl groups is 1. The number of thiophene rings is 1. The Morgan fingerprint density at radius 1 is 0.939 bits per heavy atom. The zero-order valence-electron chi connectivity index (χ0n) is 29.1. The van der Waals surface area contributed by atoms with E-state index in [1.54, 1.807) is 39.0 Å². The van der Waals surface area contributed by atoms with Crippen LogP contribution in [0.5, 0.6) is 5.88 Å². The van der Waals surface area contributed by atoms with E-state index in [4.69, 9.17) is 14.6 Å². The van der Waals surface area contributed by atoms with Crippen LogP contribution in [0.1, 0.15) is 90.9 Å². The quantitative estimate of drug-likeness (QED) is 0.151. The molecule has 0 fully saturated rings. The average Bonchev–Trinajstić information content (AvgIpc) is 3.61.